The molecule has 0 bridgehead atoms. The number of benzene rings is 2. The zero-order valence-corrected chi connectivity index (χ0v) is 19.6. The van der Waals surface area contributed by atoms with Crippen LogP contribution in [0.5, 0.6) is 0 Å². The summed E-state index contributed by atoms with van der Waals surface area (Å²) >= 11 is 7.55. The van der Waals surface area contributed by atoms with Crippen molar-refractivity contribution in [2.24, 2.45) is 5.14 Å². The fraction of sp³-hybridized carbons (Fsp3) is 0.250. The van der Waals surface area contributed by atoms with E-state index in [2.05, 4.69) is 15.5 Å². The number of ether oxygens (including phenoxy) is 1. The van der Waals surface area contributed by atoms with E-state index in [1.807, 2.05) is 22.8 Å². The van der Waals surface area contributed by atoms with Crippen LogP contribution < -0.4 is 10.5 Å². The van der Waals surface area contributed by atoms with E-state index in [9.17, 15) is 13.2 Å². The van der Waals surface area contributed by atoms with Gasteiger partial charge in [0, 0.05) is 31.5 Å². The summed E-state index contributed by atoms with van der Waals surface area (Å²) in [6, 6.07) is 13.1. The third-order valence-electron chi connectivity index (χ3n) is 4.34. The van der Waals surface area contributed by atoms with Crippen LogP contribution in [0.2, 0.25) is 5.02 Å². The molecule has 0 aliphatic rings. The molecule has 0 aliphatic heterocycles. The van der Waals surface area contributed by atoms with Gasteiger partial charge in [-0.15, -0.1) is 10.2 Å². The number of methoxy groups -OCH3 is 1. The Morgan fingerprint density at radius 1 is 1.22 bits per heavy atom. The molecule has 0 saturated carbocycles. The molecule has 9 nitrogen and oxygen atoms in total. The van der Waals surface area contributed by atoms with E-state index in [0.29, 0.717) is 34.8 Å². The van der Waals surface area contributed by atoms with E-state index in [-0.39, 0.29) is 16.6 Å². The predicted octanol–water partition coefficient (Wildman–Crippen LogP) is 3.01. The summed E-state index contributed by atoms with van der Waals surface area (Å²) < 4.78 is 30.0. The van der Waals surface area contributed by atoms with Crippen molar-refractivity contribution in [3.63, 3.8) is 0 Å². The van der Waals surface area contributed by atoms with Gasteiger partial charge in [0.1, 0.15) is 0 Å². The smallest absolute Gasteiger partial charge is 0.238 e. The van der Waals surface area contributed by atoms with Gasteiger partial charge in [-0.05, 0) is 36.8 Å². The van der Waals surface area contributed by atoms with Gasteiger partial charge in [0.15, 0.2) is 11.0 Å². The lowest BCUT2D eigenvalue weighted by atomic mass is 10.2. The minimum atomic E-state index is -3.86. The number of carbonyl (C=O) groups is 1. The molecule has 3 aromatic rings. The van der Waals surface area contributed by atoms with Crippen LogP contribution in [-0.2, 0) is 26.1 Å². The Morgan fingerprint density at radius 3 is 2.72 bits per heavy atom. The number of nitrogens with one attached hydrogen (secondary N) is 1. The molecule has 3 N–H and O–H groups in total. The van der Waals surface area contributed by atoms with Crippen LogP contribution in [-0.4, -0.2) is 48.6 Å². The average Bonchev–Trinajstić information content (AvgIpc) is 3.15. The van der Waals surface area contributed by atoms with Crippen LogP contribution in [0, 0.1) is 0 Å². The molecule has 1 heterocycles. The lowest BCUT2D eigenvalue weighted by Crippen LogP contribution is -2.16. The molecular formula is C20H22ClN5O4S2. The van der Waals surface area contributed by atoms with Gasteiger partial charge in [-0.1, -0.05) is 41.6 Å². The number of primary sulfonamides is 1. The number of sulfonamides is 1. The third-order valence-corrected chi connectivity index (χ3v) is 6.55. The summed E-state index contributed by atoms with van der Waals surface area (Å²) in [6.07, 6.45) is 0.728. The van der Waals surface area contributed by atoms with E-state index in [1.165, 1.54) is 30.0 Å². The standard InChI is InChI=1S/C20H22ClN5O4S2/c1-30-11-5-10-26-19(16-8-2-3-9-17(16)21)24-25-20(26)31-13-18(27)23-14-6-4-7-15(12-14)32(22,28)29/h2-4,6-9,12H,5,10-11,13H2,1H3,(H,23,27)(H2,22,28,29). The molecule has 2 aromatic carbocycles. The number of anilines is 1. The van der Waals surface area contributed by atoms with Crippen LogP contribution in [0.25, 0.3) is 11.4 Å². The Hall–Kier alpha value is -2.44. The maximum absolute atomic E-state index is 12.4. The Kier molecular flexibility index (Phi) is 8.26. The van der Waals surface area contributed by atoms with E-state index >= 15 is 0 Å². The summed E-state index contributed by atoms with van der Waals surface area (Å²) in [4.78, 5) is 12.4. The number of rotatable bonds is 10. The van der Waals surface area contributed by atoms with Crippen molar-refractivity contribution < 1.29 is 17.9 Å². The second-order valence-electron chi connectivity index (χ2n) is 6.69. The molecule has 0 fully saturated rings. The molecule has 0 radical (unpaired) electrons. The van der Waals surface area contributed by atoms with Crippen molar-refractivity contribution in [1.29, 1.82) is 0 Å². The largest absolute Gasteiger partial charge is 0.385 e. The number of nitrogens with zero attached hydrogens (tertiary/aromatic N) is 3. The highest BCUT2D eigenvalue weighted by Crippen LogP contribution is 2.29. The van der Waals surface area contributed by atoms with Crippen molar-refractivity contribution in [2.45, 2.75) is 23.0 Å². The van der Waals surface area contributed by atoms with Crippen molar-refractivity contribution >= 4 is 45.0 Å². The molecule has 32 heavy (non-hydrogen) atoms. The molecule has 170 valence electrons. The van der Waals surface area contributed by atoms with E-state index in [4.69, 9.17) is 21.5 Å². The number of halogens is 1. The predicted molar refractivity (Wildman–Crippen MR) is 124 cm³/mol. The van der Waals surface area contributed by atoms with Crippen LogP contribution >= 0.6 is 23.4 Å². The van der Waals surface area contributed by atoms with E-state index < -0.39 is 10.0 Å². The zero-order chi connectivity index (χ0) is 23.1. The van der Waals surface area contributed by atoms with Crippen LogP contribution in [0.1, 0.15) is 6.42 Å². The monoisotopic (exact) mass is 495 g/mol. The first-order chi connectivity index (χ1) is 15.3. The lowest BCUT2D eigenvalue weighted by Gasteiger charge is -2.11. The number of nitrogens with two attached hydrogens (primary N) is 1. The van der Waals surface area contributed by atoms with Crippen molar-refractivity contribution in [3.8, 4) is 11.4 Å². The van der Waals surface area contributed by atoms with Gasteiger partial charge in [0.25, 0.3) is 0 Å². The SMILES string of the molecule is COCCCn1c(SCC(=O)Nc2cccc(S(N)(=O)=O)c2)nnc1-c1ccccc1Cl. The number of amides is 1. The zero-order valence-electron chi connectivity index (χ0n) is 17.2. The number of hydrogen-bond donors (Lipinski definition) is 2. The Bertz CT molecular complexity index is 1200. The Morgan fingerprint density at radius 2 is 2.00 bits per heavy atom. The molecule has 0 atom stereocenters. The molecule has 0 spiro atoms. The third kappa shape index (κ3) is 6.30. The van der Waals surface area contributed by atoms with Gasteiger partial charge in [-0.25, -0.2) is 13.6 Å². The summed E-state index contributed by atoms with van der Waals surface area (Å²) in [5.74, 6) is 0.327. The molecule has 0 aliphatic carbocycles. The second kappa shape index (κ2) is 10.9. The molecular weight excluding hydrogens is 474 g/mol. The maximum Gasteiger partial charge on any atom is 0.238 e. The number of aromatic nitrogens is 3. The highest BCUT2D eigenvalue weighted by Gasteiger charge is 2.17. The Labute approximate surface area is 195 Å². The number of carbonyl (C=O) groups excluding carboxylic acids is 1. The van der Waals surface area contributed by atoms with Crippen LogP contribution in [0.15, 0.2) is 58.6 Å². The fourth-order valence-electron chi connectivity index (χ4n) is 2.88. The topological polar surface area (TPSA) is 129 Å². The molecule has 0 saturated heterocycles. The molecule has 3 rings (SSSR count). The number of hydrogen-bond acceptors (Lipinski definition) is 7. The van der Waals surface area contributed by atoms with Gasteiger partial charge < -0.3 is 14.6 Å². The second-order valence-corrected chi connectivity index (χ2v) is 9.60. The normalized spacial score (nSPS) is 11.5. The summed E-state index contributed by atoms with van der Waals surface area (Å²) in [5.41, 5.74) is 1.08. The van der Waals surface area contributed by atoms with Gasteiger partial charge in [0.2, 0.25) is 15.9 Å². The van der Waals surface area contributed by atoms with Crippen molar-refractivity contribution in [1.82, 2.24) is 14.8 Å². The lowest BCUT2D eigenvalue weighted by molar-refractivity contribution is -0.113. The van der Waals surface area contributed by atoms with Crippen molar-refractivity contribution in [2.75, 3.05) is 24.8 Å². The molecule has 0 unspecified atom stereocenters. The van der Waals surface area contributed by atoms with E-state index in [1.54, 1.807) is 19.2 Å². The minimum Gasteiger partial charge on any atom is -0.385 e. The highest BCUT2D eigenvalue weighted by molar-refractivity contribution is 7.99. The quantitative estimate of drug-likeness (QED) is 0.326. The van der Waals surface area contributed by atoms with Gasteiger partial charge in [-0.3, -0.25) is 4.79 Å². The van der Waals surface area contributed by atoms with E-state index in [0.717, 1.165) is 12.0 Å². The Balaban J connectivity index is 1.74. The molecule has 12 heteroatoms. The maximum atomic E-state index is 12.4. The van der Waals surface area contributed by atoms with Gasteiger partial charge in [-0.2, -0.15) is 0 Å². The molecule has 1 aromatic heterocycles. The van der Waals surface area contributed by atoms with Crippen molar-refractivity contribution in [3.05, 3.63) is 53.6 Å². The summed E-state index contributed by atoms with van der Waals surface area (Å²) in [5, 5.41) is 17.4. The number of thioether (sulfide) groups is 1. The first-order valence-corrected chi connectivity index (χ1v) is 12.4. The van der Waals surface area contributed by atoms with Gasteiger partial charge >= 0.3 is 0 Å². The minimum absolute atomic E-state index is 0.0462. The first kappa shape index (κ1) is 24.2. The summed E-state index contributed by atoms with van der Waals surface area (Å²) in [6.45, 7) is 1.15. The van der Waals surface area contributed by atoms with Gasteiger partial charge in [0.05, 0.1) is 15.7 Å². The molecule has 1 amide bonds. The van der Waals surface area contributed by atoms with Crippen LogP contribution in [0.4, 0.5) is 5.69 Å². The fourth-order valence-corrected chi connectivity index (χ4v) is 4.43. The highest BCUT2D eigenvalue weighted by atomic mass is 35.5. The first-order valence-electron chi connectivity index (χ1n) is 9.52. The van der Waals surface area contributed by atoms with Crippen LogP contribution in [0.3, 0.4) is 0 Å². The average molecular weight is 496 g/mol. The summed E-state index contributed by atoms with van der Waals surface area (Å²) in [7, 11) is -2.23.